The summed E-state index contributed by atoms with van der Waals surface area (Å²) in [6.45, 7) is 0.438. The molecule has 1 fully saturated rings. The minimum Gasteiger partial charge on any atom is -0.550 e. The Kier molecular flexibility index (Phi) is 5.50. The molecule has 0 atom stereocenters. The first-order valence-electron chi connectivity index (χ1n) is 7.98. The second kappa shape index (κ2) is 7.80. The predicted octanol–water partition coefficient (Wildman–Crippen LogP) is 2.96. The van der Waals surface area contributed by atoms with E-state index in [1.54, 1.807) is 4.90 Å². The van der Waals surface area contributed by atoms with Crippen LogP contribution >= 0.6 is 24.0 Å². The van der Waals surface area contributed by atoms with Gasteiger partial charge in [-0.1, -0.05) is 60.4 Å². The minimum absolute atomic E-state index is 0.00171. The number of carbonyl (C=O) groups is 2. The monoisotopic (exact) mass is 370 g/mol. The van der Waals surface area contributed by atoms with Crippen LogP contribution in [0.25, 0.3) is 16.8 Å². The number of carboxylic acid groups (broad SMARTS) is 1. The van der Waals surface area contributed by atoms with Gasteiger partial charge in [-0.25, -0.2) is 0 Å². The van der Waals surface area contributed by atoms with Crippen LogP contribution in [0, 0.1) is 0 Å². The number of hydrogen-bond donors (Lipinski definition) is 0. The van der Waals surface area contributed by atoms with Gasteiger partial charge in [0, 0.05) is 12.5 Å². The summed E-state index contributed by atoms with van der Waals surface area (Å²) in [7, 11) is 0. The van der Waals surface area contributed by atoms with Crippen molar-refractivity contribution in [3.63, 3.8) is 0 Å². The lowest BCUT2D eigenvalue weighted by Crippen LogP contribution is -2.29. The average molecular weight is 370 g/mol. The maximum absolute atomic E-state index is 12.5. The molecule has 3 rings (SSSR count). The van der Waals surface area contributed by atoms with Crippen molar-refractivity contribution in [2.45, 2.75) is 19.3 Å². The summed E-state index contributed by atoms with van der Waals surface area (Å²) in [6.07, 6.45) is 2.92. The topological polar surface area (TPSA) is 60.4 Å². The number of nitrogens with zero attached hydrogens (tertiary/aromatic N) is 1. The molecule has 0 spiro atoms. The van der Waals surface area contributed by atoms with Crippen LogP contribution in [-0.2, 0) is 9.59 Å². The van der Waals surface area contributed by atoms with Crippen LogP contribution in [0.3, 0.4) is 0 Å². The summed E-state index contributed by atoms with van der Waals surface area (Å²) in [5, 5.41) is 12.7. The molecular formula is C19H16NO3S2-. The van der Waals surface area contributed by atoms with Crippen LogP contribution in [0.4, 0.5) is 0 Å². The molecule has 128 valence electrons. The van der Waals surface area contributed by atoms with Crippen LogP contribution in [0.1, 0.15) is 24.8 Å². The number of unbranched alkanes of at least 4 members (excludes halogenated alkanes) is 1. The summed E-state index contributed by atoms with van der Waals surface area (Å²) >= 11 is 6.57. The number of aliphatic carboxylic acids is 1. The molecule has 0 N–H and O–H groups in total. The van der Waals surface area contributed by atoms with Gasteiger partial charge in [0.2, 0.25) is 0 Å². The van der Waals surface area contributed by atoms with Crippen molar-refractivity contribution in [3.05, 3.63) is 52.9 Å². The minimum atomic E-state index is -1.07. The summed E-state index contributed by atoms with van der Waals surface area (Å²) in [6, 6.07) is 14.1. The molecule has 1 aliphatic heterocycles. The Morgan fingerprint density at radius 2 is 1.92 bits per heavy atom. The fourth-order valence-electron chi connectivity index (χ4n) is 2.68. The molecule has 1 amide bonds. The third kappa shape index (κ3) is 4.27. The summed E-state index contributed by atoms with van der Waals surface area (Å²) < 4.78 is 0.519. The normalized spacial score (nSPS) is 16.2. The molecule has 6 heteroatoms. The van der Waals surface area contributed by atoms with E-state index < -0.39 is 5.97 Å². The molecule has 1 heterocycles. The number of thioether (sulfide) groups is 1. The van der Waals surface area contributed by atoms with Crippen molar-refractivity contribution >= 4 is 57.0 Å². The van der Waals surface area contributed by atoms with Crippen molar-refractivity contribution in [1.82, 2.24) is 4.90 Å². The Labute approximate surface area is 155 Å². The molecule has 0 saturated carbocycles. The largest absolute Gasteiger partial charge is 0.550 e. The maximum Gasteiger partial charge on any atom is 0.266 e. The molecule has 0 unspecified atom stereocenters. The molecule has 0 aliphatic carbocycles. The van der Waals surface area contributed by atoms with Gasteiger partial charge in [0.1, 0.15) is 4.32 Å². The third-order valence-corrected chi connectivity index (χ3v) is 5.34. The number of thiocarbonyl (C=S) groups is 1. The van der Waals surface area contributed by atoms with Gasteiger partial charge < -0.3 is 9.90 Å². The first-order valence-corrected chi connectivity index (χ1v) is 9.21. The number of rotatable bonds is 6. The van der Waals surface area contributed by atoms with Gasteiger partial charge in [-0.05, 0) is 47.7 Å². The van der Waals surface area contributed by atoms with Gasteiger partial charge >= 0.3 is 0 Å². The van der Waals surface area contributed by atoms with Crippen molar-refractivity contribution in [2.75, 3.05) is 6.54 Å². The standard InChI is InChI=1S/C19H17NO3S2/c21-17(22)7-3-4-10-20-18(23)16(25-19(20)24)12-13-8-9-14-5-1-2-6-15(14)11-13/h1-2,5-6,8-9,11-12H,3-4,7,10H2,(H,21,22)/p-1/b16-12+. The molecule has 0 radical (unpaired) electrons. The van der Waals surface area contributed by atoms with Crippen LogP contribution in [-0.4, -0.2) is 27.6 Å². The number of carbonyl (C=O) groups excluding carboxylic acids is 2. The van der Waals surface area contributed by atoms with E-state index in [2.05, 4.69) is 0 Å². The average Bonchev–Trinajstić information content (AvgIpc) is 2.85. The van der Waals surface area contributed by atoms with Crippen LogP contribution < -0.4 is 5.11 Å². The Morgan fingerprint density at radius 3 is 2.68 bits per heavy atom. The first kappa shape index (κ1) is 17.6. The lowest BCUT2D eigenvalue weighted by molar-refractivity contribution is -0.305. The Hall–Kier alpha value is -2.18. The van der Waals surface area contributed by atoms with Crippen LogP contribution in [0.5, 0.6) is 0 Å². The Balaban J connectivity index is 1.71. The summed E-state index contributed by atoms with van der Waals surface area (Å²) in [5.41, 5.74) is 0.955. The van der Waals surface area contributed by atoms with E-state index in [0.717, 1.165) is 16.3 Å². The molecule has 0 bridgehead atoms. The zero-order valence-corrected chi connectivity index (χ0v) is 15.1. The zero-order chi connectivity index (χ0) is 17.8. The van der Waals surface area contributed by atoms with Gasteiger partial charge in [0.25, 0.3) is 5.91 Å². The lowest BCUT2D eigenvalue weighted by atomic mass is 10.1. The van der Waals surface area contributed by atoms with E-state index in [-0.39, 0.29) is 12.3 Å². The highest BCUT2D eigenvalue weighted by Gasteiger charge is 2.31. The second-order valence-corrected chi connectivity index (χ2v) is 7.44. The predicted molar refractivity (Wildman–Crippen MR) is 103 cm³/mol. The van der Waals surface area contributed by atoms with Crippen LogP contribution in [0.15, 0.2) is 47.4 Å². The van der Waals surface area contributed by atoms with Crippen molar-refractivity contribution < 1.29 is 14.7 Å². The number of hydrogen-bond acceptors (Lipinski definition) is 5. The van der Waals surface area contributed by atoms with E-state index >= 15 is 0 Å². The third-order valence-electron chi connectivity index (χ3n) is 3.96. The SMILES string of the molecule is O=C([O-])CCCCN1C(=O)/C(=C\c2ccc3ccccc3c2)SC1=S. The number of carboxylic acids is 1. The van der Waals surface area contributed by atoms with Gasteiger partial charge in [-0.2, -0.15) is 0 Å². The van der Waals surface area contributed by atoms with Crippen molar-refractivity contribution in [1.29, 1.82) is 0 Å². The molecule has 4 nitrogen and oxygen atoms in total. The summed E-state index contributed by atoms with van der Waals surface area (Å²) in [4.78, 5) is 25.1. The molecule has 2 aromatic carbocycles. The van der Waals surface area contributed by atoms with Gasteiger partial charge in [-0.15, -0.1) is 0 Å². The zero-order valence-electron chi connectivity index (χ0n) is 13.4. The molecule has 2 aromatic rings. The van der Waals surface area contributed by atoms with E-state index in [9.17, 15) is 14.7 Å². The molecular weight excluding hydrogens is 354 g/mol. The lowest BCUT2D eigenvalue weighted by Gasteiger charge is -2.14. The molecule has 1 saturated heterocycles. The molecule has 25 heavy (non-hydrogen) atoms. The van der Waals surface area contributed by atoms with Crippen molar-refractivity contribution in [2.24, 2.45) is 0 Å². The van der Waals surface area contributed by atoms with Gasteiger partial charge in [-0.3, -0.25) is 9.69 Å². The first-order chi connectivity index (χ1) is 12.0. The number of amides is 1. The van der Waals surface area contributed by atoms with E-state index in [4.69, 9.17) is 12.2 Å². The molecule has 1 aliphatic rings. The highest BCUT2D eigenvalue weighted by Crippen LogP contribution is 2.33. The fourth-order valence-corrected chi connectivity index (χ4v) is 3.99. The highest BCUT2D eigenvalue weighted by atomic mass is 32.2. The van der Waals surface area contributed by atoms with Crippen LogP contribution in [0.2, 0.25) is 0 Å². The van der Waals surface area contributed by atoms with E-state index in [1.807, 2.05) is 48.5 Å². The smallest absolute Gasteiger partial charge is 0.266 e. The summed E-state index contributed by atoms with van der Waals surface area (Å²) in [5.74, 6) is -1.18. The van der Waals surface area contributed by atoms with Gasteiger partial charge in [0.15, 0.2) is 0 Å². The maximum atomic E-state index is 12.5. The molecule has 0 aromatic heterocycles. The van der Waals surface area contributed by atoms with E-state index in [1.165, 1.54) is 11.8 Å². The highest BCUT2D eigenvalue weighted by molar-refractivity contribution is 8.26. The van der Waals surface area contributed by atoms with E-state index in [0.29, 0.717) is 28.6 Å². The quantitative estimate of drug-likeness (QED) is 0.444. The number of benzene rings is 2. The van der Waals surface area contributed by atoms with Gasteiger partial charge in [0.05, 0.1) is 4.91 Å². The Morgan fingerprint density at radius 1 is 1.16 bits per heavy atom. The Bertz CT molecular complexity index is 876. The fraction of sp³-hybridized carbons (Fsp3) is 0.211. The second-order valence-electron chi connectivity index (χ2n) is 5.77. The number of fused-ring (bicyclic) bond motifs is 1. The van der Waals surface area contributed by atoms with Crippen molar-refractivity contribution in [3.8, 4) is 0 Å².